The standard InChI is InChI=1S/C19H19BrFN3O2/c1-10-4-6-12(20)8-15(10)23-24-18-11(2)5-7-14(21)17(18)13(19(24)26)9-16(25)22-3/h4-8,13,23H,9H2,1-3H3,(H,22,25). The van der Waals surface area contributed by atoms with Gasteiger partial charge < -0.3 is 5.32 Å². The lowest BCUT2D eigenvalue weighted by Crippen LogP contribution is -2.36. The van der Waals surface area contributed by atoms with Gasteiger partial charge in [-0.05, 0) is 43.2 Å². The van der Waals surface area contributed by atoms with Crippen molar-refractivity contribution < 1.29 is 14.0 Å². The van der Waals surface area contributed by atoms with Gasteiger partial charge in [-0.2, -0.15) is 0 Å². The zero-order valence-corrected chi connectivity index (χ0v) is 16.3. The van der Waals surface area contributed by atoms with E-state index < -0.39 is 11.7 Å². The number of halogens is 2. The molecule has 0 bridgehead atoms. The van der Waals surface area contributed by atoms with Crippen LogP contribution in [0.4, 0.5) is 15.8 Å². The number of hydrazine groups is 1. The van der Waals surface area contributed by atoms with Crippen molar-refractivity contribution in [1.29, 1.82) is 0 Å². The van der Waals surface area contributed by atoms with Gasteiger partial charge in [0, 0.05) is 23.5 Å². The number of carbonyl (C=O) groups excluding carboxylic acids is 2. The minimum atomic E-state index is -0.857. The summed E-state index contributed by atoms with van der Waals surface area (Å²) in [5.41, 5.74) is 6.26. The maximum atomic E-state index is 14.6. The molecule has 7 heteroatoms. The van der Waals surface area contributed by atoms with Crippen LogP contribution in [0.25, 0.3) is 0 Å². The minimum Gasteiger partial charge on any atom is -0.359 e. The fourth-order valence-corrected chi connectivity index (χ4v) is 3.49. The van der Waals surface area contributed by atoms with E-state index in [2.05, 4.69) is 26.7 Å². The predicted octanol–water partition coefficient (Wildman–Crippen LogP) is 3.80. The molecule has 1 unspecified atom stereocenters. The van der Waals surface area contributed by atoms with Crippen molar-refractivity contribution in [2.45, 2.75) is 26.2 Å². The zero-order valence-electron chi connectivity index (χ0n) is 14.7. The Hall–Kier alpha value is -2.41. The average molecular weight is 420 g/mol. The van der Waals surface area contributed by atoms with Crippen molar-refractivity contribution in [2.24, 2.45) is 0 Å². The molecule has 5 nitrogen and oxygen atoms in total. The summed E-state index contributed by atoms with van der Waals surface area (Å²) in [5, 5.41) is 3.86. The lowest BCUT2D eigenvalue weighted by Gasteiger charge is -2.23. The summed E-state index contributed by atoms with van der Waals surface area (Å²) in [7, 11) is 1.50. The molecular weight excluding hydrogens is 401 g/mol. The number of nitrogens with zero attached hydrogens (tertiary/aromatic N) is 1. The molecular formula is C19H19BrFN3O2. The highest BCUT2D eigenvalue weighted by molar-refractivity contribution is 9.10. The van der Waals surface area contributed by atoms with Gasteiger partial charge >= 0.3 is 0 Å². The quantitative estimate of drug-likeness (QED) is 0.791. The molecule has 0 saturated carbocycles. The van der Waals surface area contributed by atoms with Gasteiger partial charge in [-0.3, -0.25) is 15.0 Å². The molecule has 0 fully saturated rings. The SMILES string of the molecule is CNC(=O)CC1C(=O)N(Nc2cc(Br)ccc2C)c2c(C)ccc(F)c21. The summed E-state index contributed by atoms with van der Waals surface area (Å²) in [4.78, 5) is 24.9. The second kappa shape index (κ2) is 7.07. The smallest absolute Gasteiger partial charge is 0.253 e. The van der Waals surface area contributed by atoms with Gasteiger partial charge in [0.1, 0.15) is 5.82 Å². The molecule has 2 N–H and O–H groups in total. The van der Waals surface area contributed by atoms with Gasteiger partial charge in [-0.1, -0.05) is 28.1 Å². The van der Waals surface area contributed by atoms with E-state index in [1.165, 1.54) is 18.1 Å². The van der Waals surface area contributed by atoms with E-state index in [4.69, 9.17) is 0 Å². The van der Waals surface area contributed by atoms with Crippen LogP contribution in [-0.2, 0) is 9.59 Å². The number of anilines is 2. The average Bonchev–Trinajstić information content (AvgIpc) is 2.88. The van der Waals surface area contributed by atoms with E-state index in [0.29, 0.717) is 5.69 Å². The van der Waals surface area contributed by atoms with E-state index in [-0.39, 0.29) is 23.8 Å². The van der Waals surface area contributed by atoms with Gasteiger partial charge in [0.15, 0.2) is 0 Å². The van der Waals surface area contributed by atoms with E-state index in [9.17, 15) is 14.0 Å². The van der Waals surface area contributed by atoms with Crippen molar-refractivity contribution in [3.63, 3.8) is 0 Å². The van der Waals surface area contributed by atoms with Gasteiger partial charge in [0.25, 0.3) is 5.91 Å². The lowest BCUT2D eigenvalue weighted by molar-refractivity contribution is -0.125. The molecule has 1 aliphatic rings. The number of nitrogens with one attached hydrogen (secondary N) is 2. The van der Waals surface area contributed by atoms with Crippen molar-refractivity contribution in [3.8, 4) is 0 Å². The Morgan fingerprint density at radius 3 is 2.62 bits per heavy atom. The highest BCUT2D eigenvalue weighted by Crippen LogP contribution is 2.43. The Morgan fingerprint density at radius 1 is 1.23 bits per heavy atom. The third-order valence-electron chi connectivity index (χ3n) is 4.56. The number of hydrogen-bond donors (Lipinski definition) is 2. The van der Waals surface area contributed by atoms with Crippen LogP contribution in [0.2, 0.25) is 0 Å². The highest BCUT2D eigenvalue weighted by Gasteiger charge is 2.42. The number of rotatable bonds is 4. The van der Waals surface area contributed by atoms with Crippen LogP contribution in [0, 0.1) is 19.7 Å². The van der Waals surface area contributed by atoms with Crippen LogP contribution in [0.15, 0.2) is 34.8 Å². The molecule has 0 spiro atoms. The van der Waals surface area contributed by atoms with Gasteiger partial charge in [-0.15, -0.1) is 0 Å². The van der Waals surface area contributed by atoms with Crippen molar-refractivity contribution in [3.05, 3.63) is 57.3 Å². The molecule has 1 heterocycles. The third-order valence-corrected chi connectivity index (χ3v) is 5.05. The predicted molar refractivity (Wildman–Crippen MR) is 103 cm³/mol. The molecule has 0 saturated heterocycles. The number of benzene rings is 2. The van der Waals surface area contributed by atoms with Crippen LogP contribution in [0.1, 0.15) is 29.0 Å². The Bertz CT molecular complexity index is 901. The number of amides is 2. The number of aryl methyl sites for hydroxylation is 2. The zero-order chi connectivity index (χ0) is 19.0. The largest absolute Gasteiger partial charge is 0.359 e. The van der Waals surface area contributed by atoms with Crippen LogP contribution in [0.3, 0.4) is 0 Å². The Labute approximate surface area is 159 Å². The Balaban J connectivity index is 2.07. The lowest BCUT2D eigenvalue weighted by atomic mass is 9.95. The normalized spacial score (nSPS) is 15.8. The summed E-state index contributed by atoms with van der Waals surface area (Å²) >= 11 is 3.42. The van der Waals surface area contributed by atoms with Crippen LogP contribution < -0.4 is 15.8 Å². The summed E-state index contributed by atoms with van der Waals surface area (Å²) in [6.07, 6.45) is -0.0989. The minimum absolute atomic E-state index is 0.0989. The maximum absolute atomic E-state index is 14.6. The van der Waals surface area contributed by atoms with Crippen LogP contribution in [0.5, 0.6) is 0 Å². The van der Waals surface area contributed by atoms with Crippen LogP contribution in [-0.4, -0.2) is 18.9 Å². The van der Waals surface area contributed by atoms with E-state index >= 15 is 0 Å². The summed E-state index contributed by atoms with van der Waals surface area (Å²) < 4.78 is 15.4. The molecule has 0 aliphatic carbocycles. The number of hydrogen-bond acceptors (Lipinski definition) is 3. The van der Waals surface area contributed by atoms with Crippen LogP contribution >= 0.6 is 15.9 Å². The Morgan fingerprint density at radius 2 is 1.92 bits per heavy atom. The molecule has 1 atom stereocenters. The molecule has 3 rings (SSSR count). The molecule has 2 amide bonds. The number of fused-ring (bicyclic) bond motifs is 1. The first-order valence-corrected chi connectivity index (χ1v) is 8.99. The summed E-state index contributed by atoms with van der Waals surface area (Å²) in [6.45, 7) is 3.73. The van der Waals surface area contributed by atoms with E-state index in [1.54, 1.807) is 6.07 Å². The van der Waals surface area contributed by atoms with Crippen molar-refractivity contribution in [1.82, 2.24) is 5.32 Å². The highest BCUT2D eigenvalue weighted by atomic mass is 79.9. The number of carbonyl (C=O) groups is 2. The molecule has 0 aromatic heterocycles. The molecule has 0 radical (unpaired) electrons. The molecule has 2 aromatic rings. The second-order valence-corrected chi connectivity index (χ2v) is 7.22. The van der Waals surface area contributed by atoms with Gasteiger partial charge in [-0.25, -0.2) is 9.40 Å². The topological polar surface area (TPSA) is 61.4 Å². The first-order chi connectivity index (χ1) is 12.3. The van der Waals surface area contributed by atoms with E-state index in [1.807, 2.05) is 32.0 Å². The first kappa shape index (κ1) is 18.4. The van der Waals surface area contributed by atoms with Gasteiger partial charge in [0.05, 0.1) is 17.3 Å². The first-order valence-electron chi connectivity index (χ1n) is 8.19. The van der Waals surface area contributed by atoms with Crippen molar-refractivity contribution in [2.75, 3.05) is 17.5 Å². The van der Waals surface area contributed by atoms with Crippen molar-refractivity contribution >= 4 is 39.1 Å². The Kier molecular flexibility index (Phi) is 5.00. The van der Waals surface area contributed by atoms with Gasteiger partial charge in [0.2, 0.25) is 5.91 Å². The fourth-order valence-electron chi connectivity index (χ4n) is 3.13. The maximum Gasteiger partial charge on any atom is 0.253 e. The third kappa shape index (κ3) is 3.19. The fraction of sp³-hybridized carbons (Fsp3) is 0.263. The molecule has 26 heavy (non-hydrogen) atoms. The second-order valence-electron chi connectivity index (χ2n) is 6.30. The monoisotopic (exact) mass is 419 g/mol. The molecule has 2 aromatic carbocycles. The van der Waals surface area contributed by atoms with E-state index in [0.717, 1.165) is 21.3 Å². The molecule has 136 valence electrons. The summed E-state index contributed by atoms with van der Waals surface area (Å²) in [6, 6.07) is 8.63. The molecule has 1 aliphatic heterocycles. The summed E-state index contributed by atoms with van der Waals surface area (Å²) in [5.74, 6) is -2.00.